The lowest BCUT2D eigenvalue weighted by molar-refractivity contribution is -0.136. The maximum atomic E-state index is 13.0. The zero-order valence-electron chi connectivity index (χ0n) is 19.2. The second-order valence-electron chi connectivity index (χ2n) is 8.21. The first-order chi connectivity index (χ1) is 17.3. The molecular formula is C25H23BrClN3O5S. The van der Waals surface area contributed by atoms with Crippen LogP contribution in [-0.2, 0) is 14.4 Å². The normalized spacial score (nSPS) is 17.0. The van der Waals surface area contributed by atoms with Gasteiger partial charge in [0.15, 0.2) is 6.61 Å². The number of rotatable bonds is 7. The van der Waals surface area contributed by atoms with E-state index in [-0.39, 0.29) is 24.0 Å². The number of imide groups is 1. The molecule has 0 atom stereocenters. The van der Waals surface area contributed by atoms with Crippen molar-refractivity contribution in [2.24, 2.45) is 0 Å². The number of halogens is 2. The molecule has 0 aliphatic carbocycles. The van der Waals surface area contributed by atoms with Crippen molar-refractivity contribution in [3.05, 3.63) is 62.4 Å². The first-order valence-corrected chi connectivity index (χ1v) is 13.3. The summed E-state index contributed by atoms with van der Waals surface area (Å²) in [6, 6.07) is 12.0. The van der Waals surface area contributed by atoms with Gasteiger partial charge >= 0.3 is 0 Å². The first kappa shape index (κ1) is 26.2. The van der Waals surface area contributed by atoms with Crippen molar-refractivity contribution in [1.29, 1.82) is 0 Å². The Morgan fingerprint density at radius 2 is 1.86 bits per heavy atom. The summed E-state index contributed by atoms with van der Waals surface area (Å²) in [5, 5.41) is 2.60. The molecule has 0 unspecified atom stereocenters. The summed E-state index contributed by atoms with van der Waals surface area (Å²) >= 11 is 10.2. The smallest absolute Gasteiger partial charge is 0.294 e. The van der Waals surface area contributed by atoms with Crippen LogP contribution in [0.5, 0.6) is 5.75 Å². The van der Waals surface area contributed by atoms with Crippen LogP contribution in [0.3, 0.4) is 0 Å². The molecule has 188 valence electrons. The first-order valence-electron chi connectivity index (χ1n) is 11.3. The summed E-state index contributed by atoms with van der Waals surface area (Å²) in [5.74, 6) is -0.816. The van der Waals surface area contributed by atoms with Gasteiger partial charge in [-0.2, -0.15) is 0 Å². The molecular weight excluding hydrogens is 570 g/mol. The predicted octanol–water partition coefficient (Wildman–Crippen LogP) is 5.17. The average Bonchev–Trinajstić information content (AvgIpc) is 3.12. The van der Waals surface area contributed by atoms with E-state index in [0.717, 1.165) is 40.4 Å². The molecule has 4 rings (SSSR count). The predicted molar refractivity (Wildman–Crippen MR) is 143 cm³/mol. The number of likely N-dealkylation sites (tertiary alicyclic amines) is 1. The molecule has 2 aliphatic rings. The van der Waals surface area contributed by atoms with Crippen LogP contribution in [0, 0.1) is 0 Å². The largest absolute Gasteiger partial charge is 0.483 e. The highest BCUT2D eigenvalue weighted by Crippen LogP contribution is 2.35. The molecule has 4 amide bonds. The Kier molecular flexibility index (Phi) is 8.71. The maximum Gasteiger partial charge on any atom is 0.294 e. The molecule has 36 heavy (non-hydrogen) atoms. The molecule has 2 fully saturated rings. The van der Waals surface area contributed by atoms with Gasteiger partial charge in [0.1, 0.15) is 12.3 Å². The Hall–Kier alpha value is -2.82. The van der Waals surface area contributed by atoms with Gasteiger partial charge in [0, 0.05) is 23.1 Å². The van der Waals surface area contributed by atoms with E-state index in [9.17, 15) is 19.2 Å². The Morgan fingerprint density at radius 3 is 2.61 bits per heavy atom. The Morgan fingerprint density at radius 1 is 1.11 bits per heavy atom. The molecule has 0 aromatic heterocycles. The number of anilines is 1. The van der Waals surface area contributed by atoms with Crippen molar-refractivity contribution in [3.8, 4) is 5.75 Å². The van der Waals surface area contributed by atoms with Gasteiger partial charge in [-0.3, -0.25) is 24.1 Å². The second kappa shape index (κ2) is 11.9. The molecule has 2 aromatic rings. The van der Waals surface area contributed by atoms with E-state index in [1.165, 1.54) is 6.08 Å². The number of amides is 4. The van der Waals surface area contributed by atoms with Gasteiger partial charge < -0.3 is 15.0 Å². The van der Waals surface area contributed by atoms with Crippen LogP contribution >= 0.6 is 39.3 Å². The molecule has 0 saturated carbocycles. The molecule has 11 heteroatoms. The third-order valence-corrected chi connectivity index (χ3v) is 7.37. The molecule has 2 aromatic carbocycles. The van der Waals surface area contributed by atoms with Gasteiger partial charge in [0.25, 0.3) is 17.1 Å². The summed E-state index contributed by atoms with van der Waals surface area (Å²) in [6.45, 7) is 0.729. The van der Waals surface area contributed by atoms with E-state index in [1.807, 2.05) is 0 Å². The molecule has 0 bridgehead atoms. The number of piperidine rings is 1. The highest BCUT2D eigenvalue weighted by molar-refractivity contribution is 9.10. The minimum absolute atomic E-state index is 0.176. The maximum absolute atomic E-state index is 13.0. The lowest BCUT2D eigenvalue weighted by atomic mass is 10.1. The summed E-state index contributed by atoms with van der Waals surface area (Å²) in [5.41, 5.74) is 0.972. The fourth-order valence-corrected chi connectivity index (χ4v) is 5.20. The van der Waals surface area contributed by atoms with Crippen LogP contribution in [0.2, 0.25) is 5.02 Å². The number of ether oxygens (including phenoxy) is 1. The van der Waals surface area contributed by atoms with Crippen LogP contribution in [0.1, 0.15) is 24.8 Å². The summed E-state index contributed by atoms with van der Waals surface area (Å²) in [4.78, 5) is 53.3. The van der Waals surface area contributed by atoms with Crippen molar-refractivity contribution in [3.63, 3.8) is 0 Å². The molecule has 0 spiro atoms. The number of nitrogens with one attached hydrogen (secondary N) is 1. The van der Waals surface area contributed by atoms with Crippen molar-refractivity contribution in [2.45, 2.75) is 19.3 Å². The zero-order valence-corrected chi connectivity index (χ0v) is 22.3. The molecule has 2 aliphatic heterocycles. The van der Waals surface area contributed by atoms with Gasteiger partial charge in [0.2, 0.25) is 5.91 Å². The number of carbonyl (C=O) groups excluding carboxylic acids is 4. The molecule has 0 radical (unpaired) electrons. The van der Waals surface area contributed by atoms with Crippen LogP contribution in [0.15, 0.2) is 51.8 Å². The SMILES string of the molecule is O=C(COc1ccc(Br)cc1/C=C1\SC(=O)N(CC(=O)N2CCCCC2)C1=O)Nc1ccccc1Cl. The number of para-hydroxylation sites is 1. The Balaban J connectivity index is 1.44. The fourth-order valence-electron chi connectivity index (χ4n) is 3.81. The summed E-state index contributed by atoms with van der Waals surface area (Å²) < 4.78 is 6.43. The van der Waals surface area contributed by atoms with Crippen LogP contribution < -0.4 is 10.1 Å². The van der Waals surface area contributed by atoms with Crippen molar-refractivity contribution in [2.75, 3.05) is 31.6 Å². The number of thioether (sulfide) groups is 1. The Bertz CT molecular complexity index is 1230. The van der Waals surface area contributed by atoms with Gasteiger partial charge in [-0.25, -0.2) is 0 Å². The van der Waals surface area contributed by atoms with E-state index >= 15 is 0 Å². The summed E-state index contributed by atoms with van der Waals surface area (Å²) in [6.07, 6.45) is 4.46. The number of nitrogens with zero attached hydrogens (tertiary/aromatic N) is 2. The molecule has 2 saturated heterocycles. The zero-order chi connectivity index (χ0) is 25.7. The molecule has 8 nitrogen and oxygen atoms in total. The van der Waals surface area contributed by atoms with Gasteiger partial charge in [-0.05, 0) is 67.4 Å². The van der Waals surface area contributed by atoms with Crippen LogP contribution in [0.4, 0.5) is 10.5 Å². The van der Waals surface area contributed by atoms with E-state index in [0.29, 0.717) is 35.1 Å². The number of carbonyl (C=O) groups is 4. The number of hydrogen-bond donors (Lipinski definition) is 1. The van der Waals surface area contributed by atoms with E-state index < -0.39 is 17.1 Å². The van der Waals surface area contributed by atoms with Gasteiger partial charge in [-0.15, -0.1) is 0 Å². The van der Waals surface area contributed by atoms with E-state index in [2.05, 4.69) is 21.2 Å². The lowest BCUT2D eigenvalue weighted by Crippen LogP contribution is -2.44. The minimum Gasteiger partial charge on any atom is -0.483 e. The lowest BCUT2D eigenvalue weighted by Gasteiger charge is -2.27. The van der Waals surface area contributed by atoms with Crippen LogP contribution in [-0.4, -0.2) is 59.0 Å². The van der Waals surface area contributed by atoms with Gasteiger partial charge in [0.05, 0.1) is 15.6 Å². The monoisotopic (exact) mass is 591 g/mol. The molecule has 1 N–H and O–H groups in total. The summed E-state index contributed by atoms with van der Waals surface area (Å²) in [7, 11) is 0. The van der Waals surface area contributed by atoms with Crippen LogP contribution in [0.25, 0.3) is 6.08 Å². The van der Waals surface area contributed by atoms with Gasteiger partial charge in [-0.1, -0.05) is 39.7 Å². The van der Waals surface area contributed by atoms with Crippen molar-refractivity contribution >= 4 is 74.0 Å². The second-order valence-corrected chi connectivity index (χ2v) is 10.5. The quantitative estimate of drug-likeness (QED) is 0.446. The fraction of sp³-hybridized carbons (Fsp3) is 0.280. The highest BCUT2D eigenvalue weighted by atomic mass is 79.9. The minimum atomic E-state index is -0.530. The Labute approximate surface area is 226 Å². The van der Waals surface area contributed by atoms with E-state index in [4.69, 9.17) is 16.3 Å². The topological polar surface area (TPSA) is 96.0 Å². The van der Waals surface area contributed by atoms with Crippen molar-refractivity contribution < 1.29 is 23.9 Å². The van der Waals surface area contributed by atoms with Crippen molar-refractivity contribution in [1.82, 2.24) is 9.80 Å². The average molecular weight is 593 g/mol. The number of benzene rings is 2. The van der Waals surface area contributed by atoms with E-state index in [1.54, 1.807) is 47.4 Å². The third-order valence-electron chi connectivity index (χ3n) is 5.64. The third kappa shape index (κ3) is 6.48. The standard InChI is InChI=1S/C25H23BrClN3O5S/c26-17-8-9-20(35-15-22(31)28-19-7-3-2-6-18(19)27)16(12-17)13-21-24(33)30(25(34)36-21)14-23(32)29-10-4-1-5-11-29/h2-3,6-9,12-13H,1,4-5,10-11,14-15H2,(H,28,31)/b21-13-. The highest BCUT2D eigenvalue weighted by Gasteiger charge is 2.37. The molecule has 2 heterocycles. The number of hydrogen-bond acceptors (Lipinski definition) is 6.